The Balaban J connectivity index is 1.60. The van der Waals surface area contributed by atoms with Gasteiger partial charge in [-0.15, -0.1) is 0 Å². The first-order valence-electron chi connectivity index (χ1n) is 6.81. The summed E-state index contributed by atoms with van der Waals surface area (Å²) in [5, 5.41) is 3.40. The van der Waals surface area contributed by atoms with Crippen molar-refractivity contribution in [2.75, 3.05) is 26.2 Å². The van der Waals surface area contributed by atoms with Crippen molar-refractivity contribution in [2.24, 2.45) is 11.3 Å². The molecule has 0 aromatic rings. The molecule has 1 spiro atoms. The molecule has 16 heavy (non-hydrogen) atoms. The average Bonchev–Trinajstić information content (AvgIpc) is 2.89. The van der Waals surface area contributed by atoms with Gasteiger partial charge in [0, 0.05) is 25.6 Å². The second-order valence-electron chi connectivity index (χ2n) is 5.79. The van der Waals surface area contributed by atoms with Crippen LogP contribution in [0.2, 0.25) is 0 Å². The summed E-state index contributed by atoms with van der Waals surface area (Å²) in [5.74, 6) is 0.825. The third-order valence-corrected chi connectivity index (χ3v) is 4.68. The molecule has 3 nitrogen and oxygen atoms in total. The van der Waals surface area contributed by atoms with Crippen molar-refractivity contribution in [1.29, 1.82) is 0 Å². The molecule has 3 aliphatic rings. The molecule has 2 atom stereocenters. The van der Waals surface area contributed by atoms with Gasteiger partial charge in [-0.2, -0.15) is 0 Å². The number of likely N-dealkylation sites (tertiary alicyclic amines) is 1. The van der Waals surface area contributed by atoms with Crippen LogP contribution < -0.4 is 5.32 Å². The minimum Gasteiger partial charge on any atom is -0.342 e. The van der Waals surface area contributed by atoms with Crippen molar-refractivity contribution in [1.82, 2.24) is 10.2 Å². The number of hydrogen-bond acceptors (Lipinski definition) is 2. The van der Waals surface area contributed by atoms with Crippen molar-refractivity contribution >= 4 is 5.91 Å². The van der Waals surface area contributed by atoms with Crippen LogP contribution in [0, 0.1) is 11.3 Å². The maximum atomic E-state index is 12.4. The molecular formula is C13H22N2O. The quantitative estimate of drug-likeness (QED) is 0.727. The van der Waals surface area contributed by atoms with Crippen LogP contribution in [0.1, 0.15) is 38.5 Å². The van der Waals surface area contributed by atoms with Gasteiger partial charge in [-0.05, 0) is 37.6 Å². The topological polar surface area (TPSA) is 32.3 Å². The number of nitrogens with zero attached hydrogens (tertiary/aromatic N) is 1. The van der Waals surface area contributed by atoms with Crippen molar-refractivity contribution in [2.45, 2.75) is 38.5 Å². The predicted octanol–water partition coefficient (Wildman–Crippen LogP) is 1.39. The van der Waals surface area contributed by atoms with Gasteiger partial charge in [-0.25, -0.2) is 0 Å². The largest absolute Gasteiger partial charge is 0.342 e. The van der Waals surface area contributed by atoms with E-state index in [1.807, 2.05) is 0 Å². The van der Waals surface area contributed by atoms with E-state index in [4.69, 9.17) is 0 Å². The van der Waals surface area contributed by atoms with Gasteiger partial charge in [0.2, 0.25) is 5.91 Å². The van der Waals surface area contributed by atoms with E-state index in [1.165, 1.54) is 32.1 Å². The highest BCUT2D eigenvalue weighted by atomic mass is 16.2. The van der Waals surface area contributed by atoms with Gasteiger partial charge in [-0.3, -0.25) is 4.79 Å². The lowest BCUT2D eigenvalue weighted by Crippen LogP contribution is -2.34. The lowest BCUT2D eigenvalue weighted by molar-refractivity contribution is -0.133. The third-order valence-electron chi connectivity index (χ3n) is 4.68. The fourth-order valence-electron chi connectivity index (χ4n) is 3.44. The molecule has 2 saturated heterocycles. The number of amides is 1. The molecule has 2 aliphatic heterocycles. The fraction of sp³-hybridized carbons (Fsp3) is 0.923. The molecule has 3 heteroatoms. The Labute approximate surface area is 97.6 Å². The lowest BCUT2D eigenvalue weighted by Gasteiger charge is -2.21. The second kappa shape index (κ2) is 4.02. The maximum Gasteiger partial charge on any atom is 0.226 e. The first-order valence-corrected chi connectivity index (χ1v) is 6.81. The van der Waals surface area contributed by atoms with E-state index in [1.54, 1.807) is 0 Å². The van der Waals surface area contributed by atoms with Crippen LogP contribution in [0.4, 0.5) is 0 Å². The molecule has 3 rings (SSSR count). The number of rotatable bonds is 1. The molecule has 1 aliphatic carbocycles. The monoisotopic (exact) mass is 222 g/mol. The van der Waals surface area contributed by atoms with Crippen LogP contribution in [0.15, 0.2) is 0 Å². The Morgan fingerprint density at radius 2 is 1.94 bits per heavy atom. The first-order chi connectivity index (χ1) is 7.82. The zero-order valence-corrected chi connectivity index (χ0v) is 10.0. The van der Waals surface area contributed by atoms with Crippen molar-refractivity contribution < 1.29 is 4.79 Å². The SMILES string of the molecule is O=C(C1CC12CCNC2)N1CCCCCC1. The van der Waals surface area contributed by atoms with E-state index in [2.05, 4.69) is 10.2 Å². The van der Waals surface area contributed by atoms with Crippen LogP contribution in [-0.4, -0.2) is 37.0 Å². The van der Waals surface area contributed by atoms with E-state index < -0.39 is 0 Å². The van der Waals surface area contributed by atoms with Crippen LogP contribution in [-0.2, 0) is 4.79 Å². The van der Waals surface area contributed by atoms with E-state index in [9.17, 15) is 4.79 Å². The standard InChI is InChI=1S/C13H22N2O/c16-12(15-7-3-1-2-4-8-15)11-9-13(11)5-6-14-10-13/h11,14H,1-10H2. The highest BCUT2D eigenvalue weighted by Gasteiger charge is 2.59. The van der Waals surface area contributed by atoms with Crippen LogP contribution in [0.5, 0.6) is 0 Å². The van der Waals surface area contributed by atoms with Crippen molar-refractivity contribution in [3.63, 3.8) is 0 Å². The highest BCUT2D eigenvalue weighted by molar-refractivity contribution is 5.83. The van der Waals surface area contributed by atoms with Crippen molar-refractivity contribution in [3.05, 3.63) is 0 Å². The molecule has 0 bridgehead atoms. The molecule has 0 radical (unpaired) electrons. The zero-order valence-electron chi connectivity index (χ0n) is 10.0. The summed E-state index contributed by atoms with van der Waals surface area (Å²) in [6, 6.07) is 0. The summed E-state index contributed by atoms with van der Waals surface area (Å²) in [6.07, 6.45) is 7.41. The van der Waals surface area contributed by atoms with Gasteiger partial charge in [0.25, 0.3) is 0 Å². The Morgan fingerprint density at radius 1 is 1.19 bits per heavy atom. The van der Waals surface area contributed by atoms with Gasteiger partial charge >= 0.3 is 0 Å². The Kier molecular flexibility index (Phi) is 2.66. The summed E-state index contributed by atoms with van der Waals surface area (Å²) in [7, 11) is 0. The van der Waals surface area contributed by atoms with Gasteiger partial charge < -0.3 is 10.2 Å². The Morgan fingerprint density at radius 3 is 2.56 bits per heavy atom. The summed E-state index contributed by atoms with van der Waals surface area (Å²) in [5.41, 5.74) is 0.378. The fourth-order valence-corrected chi connectivity index (χ4v) is 3.44. The third kappa shape index (κ3) is 1.75. The molecule has 1 amide bonds. The zero-order chi connectivity index (χ0) is 11.0. The molecule has 1 N–H and O–H groups in total. The molecular weight excluding hydrogens is 200 g/mol. The number of carbonyl (C=O) groups excluding carboxylic acids is 1. The smallest absolute Gasteiger partial charge is 0.226 e. The summed E-state index contributed by atoms with van der Waals surface area (Å²) in [4.78, 5) is 14.5. The first kappa shape index (κ1) is 10.6. The molecule has 1 saturated carbocycles. The summed E-state index contributed by atoms with van der Waals surface area (Å²) in [6.45, 7) is 4.22. The number of carbonyl (C=O) groups is 1. The number of hydrogen-bond donors (Lipinski definition) is 1. The van der Waals surface area contributed by atoms with E-state index in [0.29, 0.717) is 17.2 Å². The Bertz CT molecular complexity index is 269. The van der Waals surface area contributed by atoms with Gasteiger partial charge in [0.15, 0.2) is 0 Å². The Hall–Kier alpha value is -0.570. The minimum absolute atomic E-state index is 0.362. The van der Waals surface area contributed by atoms with Gasteiger partial charge in [0.05, 0.1) is 0 Å². The molecule has 0 aromatic heterocycles. The number of nitrogens with one attached hydrogen (secondary N) is 1. The molecule has 2 unspecified atom stereocenters. The summed E-state index contributed by atoms with van der Waals surface area (Å²) < 4.78 is 0. The van der Waals surface area contributed by atoms with Crippen molar-refractivity contribution in [3.8, 4) is 0 Å². The highest BCUT2D eigenvalue weighted by Crippen LogP contribution is 2.57. The average molecular weight is 222 g/mol. The van der Waals surface area contributed by atoms with E-state index >= 15 is 0 Å². The molecule has 3 fully saturated rings. The minimum atomic E-state index is 0.362. The normalized spacial score (nSPS) is 38.8. The van der Waals surface area contributed by atoms with Gasteiger partial charge in [0.1, 0.15) is 0 Å². The lowest BCUT2D eigenvalue weighted by atomic mass is 10.0. The van der Waals surface area contributed by atoms with Gasteiger partial charge in [-0.1, -0.05) is 12.8 Å². The molecule has 90 valence electrons. The predicted molar refractivity (Wildman–Crippen MR) is 63.1 cm³/mol. The van der Waals surface area contributed by atoms with Crippen LogP contribution >= 0.6 is 0 Å². The summed E-state index contributed by atoms with van der Waals surface area (Å²) >= 11 is 0. The second-order valence-corrected chi connectivity index (χ2v) is 5.79. The molecule has 0 aromatic carbocycles. The van der Waals surface area contributed by atoms with Crippen LogP contribution in [0.25, 0.3) is 0 Å². The maximum absolute atomic E-state index is 12.4. The van der Waals surface area contributed by atoms with Crippen LogP contribution in [0.3, 0.4) is 0 Å². The van der Waals surface area contributed by atoms with E-state index in [0.717, 1.165) is 32.6 Å². The molecule has 2 heterocycles. The van der Waals surface area contributed by atoms with E-state index in [-0.39, 0.29) is 0 Å².